The van der Waals surface area contributed by atoms with Crippen LogP contribution in [0.1, 0.15) is 28.3 Å². The van der Waals surface area contributed by atoms with Gasteiger partial charge in [-0.3, -0.25) is 10.8 Å². The van der Waals surface area contributed by atoms with E-state index in [-0.39, 0.29) is 6.04 Å². The lowest BCUT2D eigenvalue weighted by Crippen LogP contribution is -2.29. The zero-order valence-corrected chi connectivity index (χ0v) is 11.2. The number of nitrogens with zero attached hydrogens (tertiary/aromatic N) is 1. The third-order valence-electron chi connectivity index (χ3n) is 3.09. The van der Waals surface area contributed by atoms with Crippen molar-refractivity contribution in [1.82, 2.24) is 10.4 Å². The zero-order valence-electron chi connectivity index (χ0n) is 10.4. The molecule has 1 aromatic carbocycles. The molecule has 0 saturated carbocycles. The summed E-state index contributed by atoms with van der Waals surface area (Å²) in [5.41, 5.74) is 6.99. The Morgan fingerprint density at radius 1 is 1.17 bits per heavy atom. The van der Waals surface area contributed by atoms with E-state index in [0.29, 0.717) is 0 Å². The second-order valence-electron chi connectivity index (χ2n) is 4.31. The zero-order chi connectivity index (χ0) is 13.1. The van der Waals surface area contributed by atoms with Crippen molar-refractivity contribution in [2.24, 2.45) is 5.84 Å². The second-order valence-corrected chi connectivity index (χ2v) is 4.69. The lowest BCUT2D eigenvalue weighted by atomic mass is 9.96. The number of benzene rings is 1. The van der Waals surface area contributed by atoms with E-state index in [2.05, 4.69) is 10.4 Å². The molecule has 94 valence electrons. The van der Waals surface area contributed by atoms with E-state index in [4.69, 9.17) is 17.4 Å². The van der Waals surface area contributed by atoms with Crippen LogP contribution in [0.4, 0.5) is 0 Å². The molecule has 2 aromatic rings. The molecule has 1 heterocycles. The molecule has 1 atom stereocenters. The van der Waals surface area contributed by atoms with Crippen molar-refractivity contribution in [2.45, 2.75) is 19.9 Å². The van der Waals surface area contributed by atoms with Crippen LogP contribution < -0.4 is 11.3 Å². The smallest absolute Gasteiger partial charge is 0.0742 e. The molecule has 0 amide bonds. The molecule has 0 saturated heterocycles. The SMILES string of the molecule is Cc1ccncc1C(NN)c1cccc(C)c1Cl. The van der Waals surface area contributed by atoms with Crippen molar-refractivity contribution >= 4 is 11.6 Å². The fourth-order valence-corrected chi connectivity index (χ4v) is 2.25. The number of rotatable bonds is 3. The molecule has 18 heavy (non-hydrogen) atoms. The topological polar surface area (TPSA) is 50.9 Å². The monoisotopic (exact) mass is 261 g/mol. The van der Waals surface area contributed by atoms with Crippen LogP contribution in [0.3, 0.4) is 0 Å². The minimum Gasteiger partial charge on any atom is -0.271 e. The van der Waals surface area contributed by atoms with E-state index in [9.17, 15) is 0 Å². The van der Waals surface area contributed by atoms with E-state index in [1.165, 1.54) is 0 Å². The molecular weight excluding hydrogens is 246 g/mol. The van der Waals surface area contributed by atoms with Crippen LogP contribution in [-0.2, 0) is 0 Å². The Morgan fingerprint density at radius 3 is 2.61 bits per heavy atom. The van der Waals surface area contributed by atoms with Crippen molar-refractivity contribution in [1.29, 1.82) is 0 Å². The third kappa shape index (κ3) is 2.38. The molecule has 0 spiro atoms. The molecule has 1 aromatic heterocycles. The first kappa shape index (κ1) is 13.0. The number of aryl methyl sites for hydroxylation is 2. The minimum atomic E-state index is -0.147. The van der Waals surface area contributed by atoms with Gasteiger partial charge in [0.05, 0.1) is 6.04 Å². The third-order valence-corrected chi connectivity index (χ3v) is 3.61. The molecule has 0 fully saturated rings. The van der Waals surface area contributed by atoms with Crippen LogP contribution in [-0.4, -0.2) is 4.98 Å². The maximum absolute atomic E-state index is 6.35. The molecule has 0 aliphatic carbocycles. The highest BCUT2D eigenvalue weighted by molar-refractivity contribution is 6.32. The van der Waals surface area contributed by atoms with Gasteiger partial charge in [0.1, 0.15) is 0 Å². The van der Waals surface area contributed by atoms with Gasteiger partial charge in [0, 0.05) is 17.4 Å². The largest absolute Gasteiger partial charge is 0.271 e. The van der Waals surface area contributed by atoms with E-state index in [1.807, 2.05) is 44.3 Å². The fraction of sp³-hybridized carbons (Fsp3) is 0.214. The summed E-state index contributed by atoms with van der Waals surface area (Å²) in [5.74, 6) is 5.69. The van der Waals surface area contributed by atoms with Gasteiger partial charge < -0.3 is 0 Å². The highest BCUT2D eigenvalue weighted by Crippen LogP contribution is 2.30. The summed E-state index contributed by atoms with van der Waals surface area (Å²) in [5, 5.41) is 0.740. The first-order valence-corrected chi connectivity index (χ1v) is 6.14. The summed E-state index contributed by atoms with van der Waals surface area (Å²) >= 11 is 6.35. The van der Waals surface area contributed by atoms with E-state index in [1.54, 1.807) is 6.20 Å². The minimum absolute atomic E-state index is 0.147. The summed E-state index contributed by atoms with van der Waals surface area (Å²) in [6.07, 6.45) is 3.59. The summed E-state index contributed by atoms with van der Waals surface area (Å²) in [4.78, 5) is 4.15. The molecule has 0 aliphatic heterocycles. The number of halogens is 1. The Morgan fingerprint density at radius 2 is 1.94 bits per heavy atom. The lowest BCUT2D eigenvalue weighted by Gasteiger charge is -2.20. The molecule has 0 bridgehead atoms. The first-order chi connectivity index (χ1) is 8.65. The number of hydrazine groups is 1. The lowest BCUT2D eigenvalue weighted by molar-refractivity contribution is 0.631. The first-order valence-electron chi connectivity index (χ1n) is 5.76. The number of nitrogens with one attached hydrogen (secondary N) is 1. The Bertz CT molecular complexity index is 554. The molecule has 4 heteroatoms. The van der Waals surface area contributed by atoms with E-state index >= 15 is 0 Å². The average molecular weight is 262 g/mol. The summed E-state index contributed by atoms with van der Waals surface area (Å²) in [7, 11) is 0. The molecule has 0 radical (unpaired) electrons. The predicted octanol–water partition coefficient (Wildman–Crippen LogP) is 2.90. The van der Waals surface area contributed by atoms with Gasteiger partial charge in [0.2, 0.25) is 0 Å². The van der Waals surface area contributed by atoms with E-state index in [0.717, 1.165) is 27.3 Å². The molecule has 3 nitrogen and oxygen atoms in total. The van der Waals surface area contributed by atoms with Crippen LogP contribution in [0.25, 0.3) is 0 Å². The van der Waals surface area contributed by atoms with Gasteiger partial charge in [-0.25, -0.2) is 5.43 Å². The molecule has 1 unspecified atom stereocenters. The molecule has 0 aliphatic rings. The van der Waals surface area contributed by atoms with Gasteiger partial charge in [-0.15, -0.1) is 0 Å². The quantitative estimate of drug-likeness (QED) is 0.660. The number of hydrogen-bond donors (Lipinski definition) is 2. The van der Waals surface area contributed by atoms with Crippen molar-refractivity contribution < 1.29 is 0 Å². The normalized spacial score (nSPS) is 12.4. The van der Waals surface area contributed by atoms with Gasteiger partial charge in [-0.2, -0.15) is 0 Å². The average Bonchev–Trinajstić information content (AvgIpc) is 2.37. The van der Waals surface area contributed by atoms with Crippen LogP contribution in [0, 0.1) is 13.8 Å². The Kier molecular flexibility index (Phi) is 3.97. The van der Waals surface area contributed by atoms with Crippen LogP contribution >= 0.6 is 11.6 Å². The van der Waals surface area contributed by atoms with Gasteiger partial charge in [-0.05, 0) is 42.2 Å². The number of nitrogens with two attached hydrogens (primary N) is 1. The van der Waals surface area contributed by atoms with Gasteiger partial charge in [0.25, 0.3) is 0 Å². The molecular formula is C14H16ClN3. The summed E-state index contributed by atoms with van der Waals surface area (Å²) in [6.45, 7) is 4.01. The number of pyridine rings is 1. The van der Waals surface area contributed by atoms with Crippen molar-refractivity contribution in [3.8, 4) is 0 Å². The van der Waals surface area contributed by atoms with Crippen molar-refractivity contribution in [2.75, 3.05) is 0 Å². The van der Waals surface area contributed by atoms with Crippen LogP contribution in [0.5, 0.6) is 0 Å². The Balaban J connectivity index is 2.53. The van der Waals surface area contributed by atoms with E-state index < -0.39 is 0 Å². The number of aromatic nitrogens is 1. The highest BCUT2D eigenvalue weighted by Gasteiger charge is 2.18. The number of hydrogen-bond acceptors (Lipinski definition) is 3. The summed E-state index contributed by atoms with van der Waals surface area (Å²) in [6, 6.07) is 7.75. The standard InChI is InChI=1S/C14H16ClN3/c1-9-6-7-17-8-12(9)14(18-16)11-5-3-4-10(2)13(11)15/h3-8,14,18H,16H2,1-2H3. The predicted molar refractivity (Wildman–Crippen MR) is 74.3 cm³/mol. The highest BCUT2D eigenvalue weighted by atomic mass is 35.5. The van der Waals surface area contributed by atoms with Gasteiger partial charge in [-0.1, -0.05) is 29.8 Å². The Hall–Kier alpha value is -1.42. The summed E-state index contributed by atoms with van der Waals surface area (Å²) < 4.78 is 0. The van der Waals surface area contributed by atoms with Crippen molar-refractivity contribution in [3.63, 3.8) is 0 Å². The van der Waals surface area contributed by atoms with Crippen molar-refractivity contribution in [3.05, 3.63) is 63.9 Å². The Labute approximate surface area is 112 Å². The van der Waals surface area contributed by atoms with Crippen LogP contribution in [0.2, 0.25) is 5.02 Å². The second kappa shape index (κ2) is 5.48. The van der Waals surface area contributed by atoms with Gasteiger partial charge in [0.15, 0.2) is 0 Å². The molecule has 3 N–H and O–H groups in total. The fourth-order valence-electron chi connectivity index (χ4n) is 2.02. The van der Waals surface area contributed by atoms with Crippen LogP contribution in [0.15, 0.2) is 36.7 Å². The van der Waals surface area contributed by atoms with Gasteiger partial charge >= 0.3 is 0 Å². The maximum atomic E-state index is 6.35. The molecule has 2 rings (SSSR count). The maximum Gasteiger partial charge on any atom is 0.0742 e.